The van der Waals surface area contributed by atoms with Gasteiger partial charge in [-0.25, -0.2) is 9.37 Å². The third-order valence-electron chi connectivity index (χ3n) is 4.60. The summed E-state index contributed by atoms with van der Waals surface area (Å²) in [6, 6.07) is 13.6. The number of ether oxygens (including phenoxy) is 1. The minimum Gasteiger partial charge on any atom is -0.436 e. The highest BCUT2D eigenvalue weighted by Crippen LogP contribution is 2.29. The Labute approximate surface area is 156 Å². The highest BCUT2D eigenvalue weighted by molar-refractivity contribution is 6.00. The summed E-state index contributed by atoms with van der Waals surface area (Å²) >= 11 is 0. The number of rotatable bonds is 4. The lowest BCUT2D eigenvalue weighted by molar-refractivity contribution is 0.0696. The highest BCUT2D eigenvalue weighted by Gasteiger charge is 2.21. The van der Waals surface area contributed by atoms with Crippen LogP contribution in [0, 0.1) is 5.82 Å². The minimum atomic E-state index is -0.384. The van der Waals surface area contributed by atoms with Gasteiger partial charge in [0.2, 0.25) is 5.89 Å². The van der Waals surface area contributed by atoms with Gasteiger partial charge in [0.25, 0.3) is 5.91 Å². The highest BCUT2D eigenvalue weighted by atomic mass is 19.1. The molecule has 2 heterocycles. The number of benzene rings is 2. The van der Waals surface area contributed by atoms with Crippen molar-refractivity contribution in [2.45, 2.75) is 18.9 Å². The summed E-state index contributed by atoms with van der Waals surface area (Å²) in [5.41, 5.74) is 1.39. The Morgan fingerprint density at radius 1 is 1.04 bits per heavy atom. The van der Waals surface area contributed by atoms with Gasteiger partial charge in [0.1, 0.15) is 5.82 Å². The molecule has 6 heteroatoms. The lowest BCUT2D eigenvalue weighted by Gasteiger charge is -2.23. The zero-order valence-electron chi connectivity index (χ0n) is 14.7. The Morgan fingerprint density at radius 3 is 2.52 bits per heavy atom. The van der Waals surface area contributed by atoms with E-state index in [9.17, 15) is 9.18 Å². The average Bonchev–Trinajstić information content (AvgIpc) is 3.19. The zero-order chi connectivity index (χ0) is 18.6. The maximum Gasteiger partial charge on any atom is 0.252 e. The fourth-order valence-electron chi connectivity index (χ4n) is 3.16. The van der Waals surface area contributed by atoms with Crippen molar-refractivity contribution in [3.05, 3.63) is 66.1 Å². The molecule has 27 heavy (non-hydrogen) atoms. The predicted molar refractivity (Wildman–Crippen MR) is 98.6 cm³/mol. The number of hydrogen-bond donors (Lipinski definition) is 1. The van der Waals surface area contributed by atoms with Crippen molar-refractivity contribution in [1.82, 2.24) is 10.3 Å². The molecule has 1 aliphatic heterocycles. The molecule has 1 saturated heterocycles. The molecule has 138 valence electrons. The van der Waals surface area contributed by atoms with Gasteiger partial charge >= 0.3 is 0 Å². The van der Waals surface area contributed by atoms with E-state index in [0.29, 0.717) is 35.7 Å². The van der Waals surface area contributed by atoms with Crippen LogP contribution in [0.25, 0.3) is 22.8 Å². The molecule has 2 aromatic carbocycles. The van der Waals surface area contributed by atoms with Crippen molar-refractivity contribution >= 4 is 5.91 Å². The number of carbonyl (C=O) groups is 1. The third kappa shape index (κ3) is 3.75. The van der Waals surface area contributed by atoms with Crippen LogP contribution < -0.4 is 5.32 Å². The van der Waals surface area contributed by atoms with Gasteiger partial charge in [0, 0.05) is 24.8 Å². The number of oxazole rings is 1. The average molecular weight is 366 g/mol. The van der Waals surface area contributed by atoms with Crippen LogP contribution >= 0.6 is 0 Å². The molecule has 1 aliphatic rings. The van der Waals surface area contributed by atoms with Crippen molar-refractivity contribution in [2.75, 3.05) is 13.2 Å². The summed E-state index contributed by atoms with van der Waals surface area (Å²) in [5.74, 6) is 0.0441. The molecule has 5 nitrogen and oxygen atoms in total. The third-order valence-corrected chi connectivity index (χ3v) is 4.60. The second kappa shape index (κ2) is 7.72. The van der Waals surface area contributed by atoms with Crippen LogP contribution in [0.2, 0.25) is 0 Å². The molecule has 1 aromatic heterocycles. The summed E-state index contributed by atoms with van der Waals surface area (Å²) in [7, 11) is 0. The first-order valence-corrected chi connectivity index (χ1v) is 8.91. The molecule has 0 saturated carbocycles. The van der Waals surface area contributed by atoms with Crippen molar-refractivity contribution in [3.8, 4) is 22.8 Å². The topological polar surface area (TPSA) is 64.4 Å². The molecular weight excluding hydrogens is 347 g/mol. The normalized spacial score (nSPS) is 14.9. The Hall–Kier alpha value is -2.99. The lowest BCUT2D eigenvalue weighted by Crippen LogP contribution is -2.39. The number of halogens is 1. The molecular formula is C21H19FN2O3. The molecule has 4 rings (SSSR count). The molecule has 0 radical (unpaired) electrons. The van der Waals surface area contributed by atoms with Crippen LogP contribution in [-0.2, 0) is 4.74 Å². The zero-order valence-corrected chi connectivity index (χ0v) is 14.7. The largest absolute Gasteiger partial charge is 0.436 e. The fraction of sp³-hybridized carbons (Fsp3) is 0.238. The molecule has 0 atom stereocenters. The predicted octanol–water partition coefficient (Wildman–Crippen LogP) is 4.06. The summed E-state index contributed by atoms with van der Waals surface area (Å²) in [4.78, 5) is 17.0. The summed E-state index contributed by atoms with van der Waals surface area (Å²) < 4.78 is 25.1. The number of amides is 1. The molecule has 1 fully saturated rings. The lowest BCUT2D eigenvalue weighted by atomic mass is 10.0. The van der Waals surface area contributed by atoms with Gasteiger partial charge in [-0.3, -0.25) is 4.79 Å². The van der Waals surface area contributed by atoms with Crippen LogP contribution in [-0.4, -0.2) is 30.1 Å². The van der Waals surface area contributed by atoms with Crippen LogP contribution in [0.3, 0.4) is 0 Å². The summed E-state index contributed by atoms with van der Waals surface area (Å²) in [5, 5.41) is 3.04. The Bertz CT molecular complexity index is 948. The Balaban J connectivity index is 1.61. The molecule has 0 bridgehead atoms. The molecule has 0 unspecified atom stereocenters. The van der Waals surface area contributed by atoms with E-state index in [2.05, 4.69) is 10.3 Å². The van der Waals surface area contributed by atoms with Crippen LogP contribution in [0.15, 0.2) is 59.1 Å². The maximum atomic E-state index is 14.0. The minimum absolute atomic E-state index is 0.0952. The van der Waals surface area contributed by atoms with E-state index in [-0.39, 0.29) is 23.7 Å². The van der Waals surface area contributed by atoms with E-state index in [1.54, 1.807) is 36.4 Å². The standard InChI is InChI=1S/C21H19FN2O3/c22-18-8-4-3-7-17(18)19-13-23-21(27-19)16-6-2-1-5-15(16)20(25)24-14-9-11-26-12-10-14/h1-8,13-14H,9-12H2,(H,24,25). The molecule has 0 spiro atoms. The number of aromatic nitrogens is 1. The molecule has 0 aliphatic carbocycles. The first-order valence-electron chi connectivity index (χ1n) is 8.91. The molecule has 3 aromatic rings. The van der Waals surface area contributed by atoms with Gasteiger partial charge in [0.05, 0.1) is 17.3 Å². The second-order valence-electron chi connectivity index (χ2n) is 6.42. The van der Waals surface area contributed by atoms with Crippen LogP contribution in [0.1, 0.15) is 23.2 Å². The fourth-order valence-corrected chi connectivity index (χ4v) is 3.16. The summed E-state index contributed by atoms with van der Waals surface area (Å²) in [6.45, 7) is 1.30. The van der Waals surface area contributed by atoms with Crippen LogP contribution in [0.5, 0.6) is 0 Å². The number of nitrogens with zero attached hydrogens (tertiary/aromatic N) is 1. The van der Waals surface area contributed by atoms with Crippen molar-refractivity contribution in [1.29, 1.82) is 0 Å². The molecule has 1 N–H and O–H groups in total. The monoisotopic (exact) mass is 366 g/mol. The summed E-state index contributed by atoms with van der Waals surface area (Å²) in [6.07, 6.45) is 3.07. The first-order chi connectivity index (χ1) is 13.2. The van der Waals surface area contributed by atoms with Crippen molar-refractivity contribution in [2.24, 2.45) is 0 Å². The number of carbonyl (C=O) groups excluding carboxylic acids is 1. The van der Waals surface area contributed by atoms with Crippen molar-refractivity contribution < 1.29 is 18.3 Å². The van der Waals surface area contributed by atoms with Gasteiger partial charge < -0.3 is 14.5 Å². The van der Waals surface area contributed by atoms with E-state index in [1.165, 1.54) is 12.3 Å². The van der Waals surface area contributed by atoms with E-state index in [4.69, 9.17) is 9.15 Å². The second-order valence-corrected chi connectivity index (χ2v) is 6.42. The smallest absolute Gasteiger partial charge is 0.252 e. The van der Waals surface area contributed by atoms with Gasteiger partial charge in [-0.2, -0.15) is 0 Å². The molecule has 1 amide bonds. The number of hydrogen-bond acceptors (Lipinski definition) is 4. The van der Waals surface area contributed by atoms with E-state index >= 15 is 0 Å². The maximum absolute atomic E-state index is 14.0. The first kappa shape index (κ1) is 17.4. The number of nitrogens with one attached hydrogen (secondary N) is 1. The Morgan fingerprint density at radius 2 is 1.74 bits per heavy atom. The Kier molecular flexibility index (Phi) is 4.98. The van der Waals surface area contributed by atoms with Crippen molar-refractivity contribution in [3.63, 3.8) is 0 Å². The van der Waals surface area contributed by atoms with Gasteiger partial charge in [-0.05, 0) is 37.1 Å². The van der Waals surface area contributed by atoms with E-state index in [1.807, 2.05) is 6.07 Å². The van der Waals surface area contributed by atoms with E-state index < -0.39 is 0 Å². The van der Waals surface area contributed by atoms with Gasteiger partial charge in [-0.15, -0.1) is 0 Å². The van der Waals surface area contributed by atoms with Crippen LogP contribution in [0.4, 0.5) is 4.39 Å². The van der Waals surface area contributed by atoms with Gasteiger partial charge in [-0.1, -0.05) is 24.3 Å². The van der Waals surface area contributed by atoms with Gasteiger partial charge in [0.15, 0.2) is 5.76 Å². The quantitative estimate of drug-likeness (QED) is 0.756. The van der Waals surface area contributed by atoms with E-state index in [0.717, 1.165) is 12.8 Å². The SMILES string of the molecule is O=C(NC1CCOCC1)c1ccccc1-c1ncc(-c2ccccc2F)o1.